The summed E-state index contributed by atoms with van der Waals surface area (Å²) in [5.41, 5.74) is 7.67. The van der Waals surface area contributed by atoms with Gasteiger partial charge in [0.15, 0.2) is 0 Å². The third-order valence-corrected chi connectivity index (χ3v) is 4.18. The van der Waals surface area contributed by atoms with Gasteiger partial charge in [-0.25, -0.2) is 0 Å². The maximum Gasteiger partial charge on any atom is 0.256 e. The fourth-order valence-corrected chi connectivity index (χ4v) is 2.78. The molecule has 110 valence electrons. The van der Waals surface area contributed by atoms with Gasteiger partial charge in [-0.15, -0.1) is 5.54 Å². The average Bonchev–Trinajstić information content (AvgIpc) is 3.05. The molecule has 0 atom stereocenters. The second-order valence-corrected chi connectivity index (χ2v) is 11.1. The molecule has 0 saturated heterocycles. The topological polar surface area (TPSA) is 44.9 Å². The largest absolute Gasteiger partial charge is 0.362 e. The van der Waals surface area contributed by atoms with Crippen molar-refractivity contribution in [2.75, 3.05) is 5.32 Å². The second kappa shape index (κ2) is 5.36. The summed E-state index contributed by atoms with van der Waals surface area (Å²) in [5, 5.41) is 2.90. The minimum absolute atomic E-state index is 0.0695. The van der Waals surface area contributed by atoms with Gasteiger partial charge in [0.25, 0.3) is 5.91 Å². The highest BCUT2D eigenvalue weighted by atomic mass is 28.3. The van der Waals surface area contributed by atoms with Gasteiger partial charge in [-0.3, -0.25) is 4.79 Å². The molecule has 0 unspecified atom stereocenters. The average molecular weight is 306 g/mol. The van der Waals surface area contributed by atoms with E-state index in [4.69, 9.17) is 0 Å². The predicted molar refractivity (Wildman–Crippen MR) is 94.0 cm³/mol. The summed E-state index contributed by atoms with van der Waals surface area (Å²) in [6, 6.07) is 9.74. The first-order valence-corrected chi connectivity index (χ1v) is 10.8. The Bertz CT molecular complexity index is 815. The number of benzene rings is 1. The summed E-state index contributed by atoms with van der Waals surface area (Å²) in [4.78, 5) is 15.3. The van der Waals surface area contributed by atoms with Crippen LogP contribution in [0, 0.1) is 11.5 Å². The van der Waals surface area contributed by atoms with Crippen LogP contribution >= 0.6 is 0 Å². The van der Waals surface area contributed by atoms with E-state index in [9.17, 15) is 4.79 Å². The third-order valence-electron chi connectivity index (χ3n) is 3.31. The SMILES string of the molecule is C[Si](C)(C)C#Cc1ccc2c(c1)C(=Cc1ccc[nH]1)C(=O)N2. The van der Waals surface area contributed by atoms with Crippen LogP contribution < -0.4 is 5.32 Å². The Morgan fingerprint density at radius 3 is 2.68 bits per heavy atom. The van der Waals surface area contributed by atoms with Crippen LogP contribution in [0.3, 0.4) is 0 Å². The van der Waals surface area contributed by atoms with E-state index >= 15 is 0 Å². The van der Waals surface area contributed by atoms with Crippen molar-refractivity contribution in [1.29, 1.82) is 0 Å². The molecule has 2 aromatic rings. The summed E-state index contributed by atoms with van der Waals surface area (Å²) in [5.74, 6) is 3.18. The molecule has 1 amide bonds. The minimum atomic E-state index is -1.41. The fourth-order valence-electron chi connectivity index (χ4n) is 2.26. The summed E-state index contributed by atoms with van der Waals surface area (Å²) in [6.45, 7) is 6.65. The molecule has 2 N–H and O–H groups in total. The third kappa shape index (κ3) is 3.05. The zero-order valence-electron chi connectivity index (χ0n) is 12.9. The number of rotatable bonds is 1. The molecule has 4 heteroatoms. The second-order valence-electron chi connectivity index (χ2n) is 6.40. The molecular formula is C18H18N2OSi. The Hall–Kier alpha value is -2.51. The van der Waals surface area contributed by atoms with Crippen LogP contribution in [-0.2, 0) is 4.79 Å². The van der Waals surface area contributed by atoms with E-state index in [2.05, 4.69) is 41.4 Å². The molecule has 3 nitrogen and oxygen atoms in total. The van der Waals surface area contributed by atoms with E-state index in [1.165, 1.54) is 0 Å². The Labute approximate surface area is 131 Å². The smallest absolute Gasteiger partial charge is 0.256 e. The highest BCUT2D eigenvalue weighted by molar-refractivity contribution is 6.83. The van der Waals surface area contributed by atoms with Crippen LogP contribution in [-0.4, -0.2) is 19.0 Å². The van der Waals surface area contributed by atoms with Crippen LogP contribution in [0.15, 0.2) is 36.5 Å². The maximum absolute atomic E-state index is 12.2. The maximum atomic E-state index is 12.2. The summed E-state index contributed by atoms with van der Waals surface area (Å²) in [7, 11) is -1.41. The first-order chi connectivity index (χ1) is 10.4. The number of aromatic amines is 1. The lowest BCUT2D eigenvalue weighted by Gasteiger charge is -2.04. The number of anilines is 1. The number of hydrogen-bond acceptors (Lipinski definition) is 1. The van der Waals surface area contributed by atoms with Crippen LogP contribution in [0.25, 0.3) is 11.6 Å². The number of aromatic nitrogens is 1. The van der Waals surface area contributed by atoms with Crippen molar-refractivity contribution in [1.82, 2.24) is 4.98 Å². The molecular weight excluding hydrogens is 288 g/mol. The molecule has 2 heterocycles. The van der Waals surface area contributed by atoms with E-state index in [1.807, 2.05) is 42.6 Å². The van der Waals surface area contributed by atoms with Gasteiger partial charge in [0.05, 0.1) is 5.57 Å². The minimum Gasteiger partial charge on any atom is -0.362 e. The van der Waals surface area contributed by atoms with Gasteiger partial charge >= 0.3 is 0 Å². The Morgan fingerprint density at radius 2 is 2.00 bits per heavy atom. The van der Waals surface area contributed by atoms with E-state index in [-0.39, 0.29) is 5.91 Å². The zero-order valence-corrected chi connectivity index (χ0v) is 13.9. The highest BCUT2D eigenvalue weighted by Crippen LogP contribution is 2.33. The Kier molecular flexibility index (Phi) is 3.51. The van der Waals surface area contributed by atoms with E-state index < -0.39 is 8.07 Å². The molecule has 1 aromatic carbocycles. The molecule has 22 heavy (non-hydrogen) atoms. The molecule has 0 bridgehead atoms. The zero-order chi connectivity index (χ0) is 15.7. The Balaban J connectivity index is 2.02. The van der Waals surface area contributed by atoms with Crippen molar-refractivity contribution in [2.24, 2.45) is 0 Å². The lowest BCUT2D eigenvalue weighted by Crippen LogP contribution is -2.16. The van der Waals surface area contributed by atoms with Crippen LogP contribution in [0.2, 0.25) is 19.6 Å². The Morgan fingerprint density at radius 1 is 1.18 bits per heavy atom. The normalized spacial score (nSPS) is 15.2. The molecule has 3 rings (SSSR count). The molecule has 1 aliphatic rings. The molecule has 0 fully saturated rings. The van der Waals surface area contributed by atoms with Crippen molar-refractivity contribution in [3.63, 3.8) is 0 Å². The molecule has 0 saturated carbocycles. The standard InChI is InChI=1S/C18H18N2OSi/c1-22(2,3)10-8-13-6-7-17-15(11-13)16(18(21)20-17)12-14-5-4-9-19-14/h4-7,9,11-12,19H,1-3H3,(H,20,21). The molecule has 0 aliphatic carbocycles. The van der Waals surface area contributed by atoms with Crippen LogP contribution in [0.5, 0.6) is 0 Å². The number of hydrogen-bond donors (Lipinski definition) is 2. The van der Waals surface area contributed by atoms with Crippen molar-refractivity contribution < 1.29 is 4.79 Å². The van der Waals surface area contributed by atoms with Crippen molar-refractivity contribution in [2.45, 2.75) is 19.6 Å². The lowest BCUT2D eigenvalue weighted by atomic mass is 10.0. The number of H-pyrrole nitrogens is 1. The molecule has 1 aliphatic heterocycles. The predicted octanol–water partition coefficient (Wildman–Crippen LogP) is 3.74. The van der Waals surface area contributed by atoms with Gasteiger partial charge in [0.2, 0.25) is 0 Å². The first-order valence-electron chi connectivity index (χ1n) is 7.26. The van der Waals surface area contributed by atoms with E-state index in [1.54, 1.807) is 0 Å². The van der Waals surface area contributed by atoms with Gasteiger partial charge in [-0.1, -0.05) is 25.6 Å². The van der Waals surface area contributed by atoms with Gasteiger partial charge < -0.3 is 10.3 Å². The lowest BCUT2D eigenvalue weighted by molar-refractivity contribution is -0.110. The molecule has 0 spiro atoms. The summed E-state index contributed by atoms with van der Waals surface area (Å²) in [6.07, 6.45) is 3.72. The van der Waals surface area contributed by atoms with Gasteiger partial charge in [-0.2, -0.15) is 0 Å². The molecule has 1 aromatic heterocycles. The summed E-state index contributed by atoms with van der Waals surface area (Å²) < 4.78 is 0. The van der Waals surface area contributed by atoms with E-state index in [0.717, 1.165) is 22.5 Å². The van der Waals surface area contributed by atoms with Gasteiger partial charge in [0, 0.05) is 28.7 Å². The fraction of sp³-hybridized carbons (Fsp3) is 0.167. The van der Waals surface area contributed by atoms with Crippen molar-refractivity contribution in [3.8, 4) is 11.5 Å². The monoisotopic (exact) mass is 306 g/mol. The summed E-state index contributed by atoms with van der Waals surface area (Å²) >= 11 is 0. The van der Waals surface area contributed by atoms with Gasteiger partial charge in [0.1, 0.15) is 8.07 Å². The van der Waals surface area contributed by atoms with Crippen LogP contribution in [0.4, 0.5) is 5.69 Å². The number of fused-ring (bicyclic) bond motifs is 1. The van der Waals surface area contributed by atoms with Gasteiger partial charge in [-0.05, 0) is 36.4 Å². The first kappa shape index (κ1) is 14.4. The number of carbonyl (C=O) groups excluding carboxylic acids is 1. The van der Waals surface area contributed by atoms with E-state index in [0.29, 0.717) is 5.57 Å². The quantitative estimate of drug-likeness (QED) is 0.470. The number of carbonyl (C=O) groups is 1. The van der Waals surface area contributed by atoms with Crippen molar-refractivity contribution in [3.05, 3.63) is 53.3 Å². The molecule has 0 radical (unpaired) electrons. The number of amides is 1. The van der Waals surface area contributed by atoms with Crippen LogP contribution in [0.1, 0.15) is 16.8 Å². The number of nitrogens with one attached hydrogen (secondary N) is 2. The highest BCUT2D eigenvalue weighted by Gasteiger charge is 2.24. The van der Waals surface area contributed by atoms with Crippen molar-refractivity contribution >= 4 is 31.3 Å².